The van der Waals surface area contributed by atoms with E-state index in [0.717, 1.165) is 12.1 Å². The summed E-state index contributed by atoms with van der Waals surface area (Å²) in [6.07, 6.45) is -3.90. The molecule has 21 heavy (non-hydrogen) atoms. The van der Waals surface area contributed by atoms with Crippen LogP contribution in [0.25, 0.3) is 0 Å². The van der Waals surface area contributed by atoms with E-state index in [1.807, 2.05) is 0 Å². The second kappa shape index (κ2) is 7.31. The van der Waals surface area contributed by atoms with Crippen LogP contribution in [0.1, 0.15) is 18.1 Å². The molecular formula is C14H19F3N2O2. The Morgan fingerprint density at radius 2 is 1.90 bits per heavy atom. The van der Waals surface area contributed by atoms with Crippen molar-refractivity contribution in [3.63, 3.8) is 0 Å². The van der Waals surface area contributed by atoms with Gasteiger partial charge in [-0.05, 0) is 31.0 Å². The van der Waals surface area contributed by atoms with E-state index in [4.69, 9.17) is 5.11 Å². The van der Waals surface area contributed by atoms with Gasteiger partial charge in [0.15, 0.2) is 0 Å². The fourth-order valence-electron chi connectivity index (χ4n) is 1.62. The molecule has 0 aromatic heterocycles. The molecule has 0 saturated carbocycles. The molecule has 0 spiro atoms. The van der Waals surface area contributed by atoms with E-state index in [2.05, 4.69) is 5.32 Å². The molecule has 0 fully saturated rings. The van der Waals surface area contributed by atoms with Crippen molar-refractivity contribution in [3.05, 3.63) is 35.4 Å². The number of carbonyl (C=O) groups is 1. The van der Waals surface area contributed by atoms with Gasteiger partial charge in [0.1, 0.15) is 0 Å². The third-order valence-electron chi connectivity index (χ3n) is 3.22. The van der Waals surface area contributed by atoms with Crippen LogP contribution in [-0.2, 0) is 12.6 Å². The number of alkyl halides is 3. The van der Waals surface area contributed by atoms with Gasteiger partial charge in [-0.25, -0.2) is 4.79 Å². The number of nitrogens with zero attached hydrogens (tertiary/aromatic N) is 1. The predicted octanol–water partition coefficient (Wildman–Crippen LogP) is 2.27. The Kier molecular flexibility index (Phi) is 6.02. The third-order valence-corrected chi connectivity index (χ3v) is 3.22. The lowest BCUT2D eigenvalue weighted by Gasteiger charge is -2.23. The zero-order valence-electron chi connectivity index (χ0n) is 11.9. The third kappa shape index (κ3) is 5.26. The molecule has 0 bridgehead atoms. The van der Waals surface area contributed by atoms with Crippen LogP contribution in [0.15, 0.2) is 24.3 Å². The summed E-state index contributed by atoms with van der Waals surface area (Å²) < 4.78 is 37.2. The molecule has 4 nitrogen and oxygen atoms in total. The van der Waals surface area contributed by atoms with Gasteiger partial charge in [0.25, 0.3) is 0 Å². The quantitative estimate of drug-likeness (QED) is 0.877. The summed E-state index contributed by atoms with van der Waals surface area (Å²) in [5.74, 6) is 0. The second-order valence-corrected chi connectivity index (χ2v) is 4.82. The molecule has 7 heteroatoms. The molecular weight excluding hydrogens is 285 g/mol. The lowest BCUT2D eigenvalue weighted by molar-refractivity contribution is -0.137. The second-order valence-electron chi connectivity index (χ2n) is 4.82. The highest BCUT2D eigenvalue weighted by atomic mass is 19.4. The van der Waals surface area contributed by atoms with Crippen molar-refractivity contribution in [2.24, 2.45) is 0 Å². The maximum Gasteiger partial charge on any atom is 0.416 e. The van der Waals surface area contributed by atoms with Crippen molar-refractivity contribution in [1.82, 2.24) is 10.2 Å². The average molecular weight is 304 g/mol. The highest BCUT2D eigenvalue weighted by molar-refractivity contribution is 5.74. The Labute approximate surface area is 121 Å². The van der Waals surface area contributed by atoms with Gasteiger partial charge in [-0.3, -0.25) is 0 Å². The summed E-state index contributed by atoms with van der Waals surface area (Å²) >= 11 is 0. The summed E-state index contributed by atoms with van der Waals surface area (Å²) in [6, 6.07) is 4.22. The standard InChI is InChI=1S/C14H19F3N2O2/c1-10(9-20)19(2)13(21)18-8-7-11-3-5-12(6-4-11)14(15,16)17/h3-6,10,20H,7-9H2,1-2H3,(H,18,21). The predicted molar refractivity (Wildman–Crippen MR) is 72.9 cm³/mol. The number of nitrogens with one attached hydrogen (secondary N) is 1. The summed E-state index contributed by atoms with van der Waals surface area (Å²) in [6.45, 7) is 1.88. The number of urea groups is 1. The van der Waals surface area contributed by atoms with E-state index in [1.54, 1.807) is 14.0 Å². The van der Waals surface area contributed by atoms with Gasteiger partial charge in [-0.2, -0.15) is 13.2 Å². The van der Waals surface area contributed by atoms with Gasteiger partial charge in [-0.15, -0.1) is 0 Å². The van der Waals surface area contributed by atoms with E-state index >= 15 is 0 Å². The molecule has 0 aliphatic rings. The first-order valence-electron chi connectivity index (χ1n) is 6.53. The molecule has 0 heterocycles. The van der Waals surface area contributed by atoms with Crippen molar-refractivity contribution in [2.45, 2.75) is 25.6 Å². The average Bonchev–Trinajstić information content (AvgIpc) is 2.45. The lowest BCUT2D eigenvalue weighted by Crippen LogP contribution is -2.44. The molecule has 0 aliphatic carbocycles. The number of carbonyl (C=O) groups excluding carboxylic acids is 1. The number of hydrogen-bond donors (Lipinski definition) is 2. The van der Waals surface area contributed by atoms with Crippen LogP contribution in [0.5, 0.6) is 0 Å². The minimum absolute atomic E-state index is 0.136. The van der Waals surface area contributed by atoms with Crippen LogP contribution in [0.4, 0.5) is 18.0 Å². The summed E-state index contributed by atoms with van der Waals surface area (Å²) in [7, 11) is 1.56. The minimum atomic E-state index is -4.34. The van der Waals surface area contributed by atoms with Crippen molar-refractivity contribution in [2.75, 3.05) is 20.2 Å². The number of rotatable bonds is 5. The molecule has 118 valence electrons. The Morgan fingerprint density at radius 3 is 2.38 bits per heavy atom. The number of aliphatic hydroxyl groups excluding tert-OH is 1. The van der Waals surface area contributed by atoms with Gasteiger partial charge in [0.2, 0.25) is 0 Å². The molecule has 1 unspecified atom stereocenters. The number of hydrogen-bond acceptors (Lipinski definition) is 2. The summed E-state index contributed by atoms with van der Waals surface area (Å²) in [5, 5.41) is 11.6. The molecule has 0 radical (unpaired) electrons. The zero-order chi connectivity index (χ0) is 16.0. The maximum absolute atomic E-state index is 12.4. The molecule has 1 rings (SSSR count). The monoisotopic (exact) mass is 304 g/mol. The first-order chi connectivity index (χ1) is 9.75. The maximum atomic E-state index is 12.4. The summed E-state index contributed by atoms with van der Waals surface area (Å²) in [4.78, 5) is 13.0. The van der Waals surface area contributed by atoms with Crippen LogP contribution >= 0.6 is 0 Å². The fourth-order valence-corrected chi connectivity index (χ4v) is 1.62. The van der Waals surface area contributed by atoms with E-state index < -0.39 is 11.7 Å². The van der Waals surface area contributed by atoms with E-state index in [9.17, 15) is 18.0 Å². The van der Waals surface area contributed by atoms with Crippen LogP contribution in [0, 0.1) is 0 Å². The van der Waals surface area contributed by atoms with Crippen LogP contribution in [-0.4, -0.2) is 42.3 Å². The van der Waals surface area contributed by atoms with Crippen LogP contribution in [0.2, 0.25) is 0 Å². The van der Waals surface area contributed by atoms with Gasteiger partial charge in [-0.1, -0.05) is 12.1 Å². The number of benzene rings is 1. The minimum Gasteiger partial charge on any atom is -0.394 e. The smallest absolute Gasteiger partial charge is 0.394 e. The van der Waals surface area contributed by atoms with E-state index in [1.165, 1.54) is 17.0 Å². The largest absolute Gasteiger partial charge is 0.416 e. The van der Waals surface area contributed by atoms with E-state index in [0.29, 0.717) is 18.5 Å². The number of amides is 2. The highest BCUT2D eigenvalue weighted by Crippen LogP contribution is 2.29. The van der Waals surface area contributed by atoms with Crippen molar-refractivity contribution >= 4 is 6.03 Å². The Morgan fingerprint density at radius 1 is 1.33 bits per heavy atom. The molecule has 0 aliphatic heterocycles. The van der Waals surface area contributed by atoms with Gasteiger partial charge in [0, 0.05) is 13.6 Å². The molecule has 2 N–H and O–H groups in total. The normalized spacial score (nSPS) is 12.9. The Bertz CT molecular complexity index is 460. The first kappa shape index (κ1) is 17.3. The Hall–Kier alpha value is -1.76. The van der Waals surface area contributed by atoms with Crippen molar-refractivity contribution in [1.29, 1.82) is 0 Å². The summed E-state index contributed by atoms with van der Waals surface area (Å²) in [5.41, 5.74) is 0.0212. The fraction of sp³-hybridized carbons (Fsp3) is 0.500. The molecule has 1 aromatic rings. The molecule has 1 aromatic carbocycles. The Balaban J connectivity index is 2.44. The number of aliphatic hydroxyl groups is 1. The van der Waals surface area contributed by atoms with Crippen molar-refractivity contribution < 1.29 is 23.1 Å². The first-order valence-corrected chi connectivity index (χ1v) is 6.53. The topological polar surface area (TPSA) is 52.6 Å². The SMILES string of the molecule is CC(CO)N(C)C(=O)NCCc1ccc(C(F)(F)F)cc1. The van der Waals surface area contributed by atoms with Crippen LogP contribution < -0.4 is 5.32 Å². The highest BCUT2D eigenvalue weighted by Gasteiger charge is 2.29. The zero-order valence-corrected chi connectivity index (χ0v) is 11.9. The van der Waals surface area contributed by atoms with Gasteiger partial charge in [0.05, 0.1) is 18.2 Å². The lowest BCUT2D eigenvalue weighted by atomic mass is 10.1. The van der Waals surface area contributed by atoms with Crippen molar-refractivity contribution in [3.8, 4) is 0 Å². The molecule has 1 atom stereocenters. The molecule has 2 amide bonds. The van der Waals surface area contributed by atoms with Crippen LogP contribution in [0.3, 0.4) is 0 Å². The number of likely N-dealkylation sites (N-methyl/N-ethyl adjacent to an activating group) is 1. The van der Waals surface area contributed by atoms with Gasteiger partial charge >= 0.3 is 12.2 Å². The molecule has 0 saturated heterocycles. The van der Waals surface area contributed by atoms with E-state index in [-0.39, 0.29) is 18.7 Å². The van der Waals surface area contributed by atoms with Gasteiger partial charge < -0.3 is 15.3 Å². The number of halogens is 3.